The van der Waals surface area contributed by atoms with Crippen LogP contribution in [0.4, 0.5) is 5.69 Å². The average molecular weight is 455 g/mol. The van der Waals surface area contributed by atoms with Gasteiger partial charge in [0, 0.05) is 5.69 Å². The number of thioether (sulfide) groups is 1. The van der Waals surface area contributed by atoms with E-state index in [9.17, 15) is 14.4 Å². The lowest BCUT2D eigenvalue weighted by Crippen LogP contribution is -2.40. The molecular formula is C21H18N4O4S2. The summed E-state index contributed by atoms with van der Waals surface area (Å²) in [7, 11) is 1.56. The maximum absolute atomic E-state index is 13.3. The molecule has 0 fully saturated rings. The Morgan fingerprint density at radius 1 is 1.13 bits per heavy atom. The van der Waals surface area contributed by atoms with Crippen molar-refractivity contribution in [3.05, 3.63) is 75.4 Å². The zero-order chi connectivity index (χ0) is 22.0. The van der Waals surface area contributed by atoms with E-state index in [4.69, 9.17) is 4.74 Å². The minimum absolute atomic E-state index is 0.210. The van der Waals surface area contributed by atoms with Crippen molar-refractivity contribution in [3.63, 3.8) is 0 Å². The lowest BCUT2D eigenvalue weighted by atomic mass is 10.3. The van der Waals surface area contributed by atoms with Gasteiger partial charge in [-0.15, -0.1) is 11.3 Å². The van der Waals surface area contributed by atoms with Crippen molar-refractivity contribution in [1.82, 2.24) is 14.1 Å². The highest BCUT2D eigenvalue weighted by Crippen LogP contribution is 2.25. The number of carbonyl (C=O) groups excluding carboxylic acids is 1. The van der Waals surface area contributed by atoms with Crippen LogP contribution in [0.3, 0.4) is 0 Å². The Morgan fingerprint density at radius 3 is 2.48 bits per heavy atom. The molecular weight excluding hydrogens is 436 g/mol. The minimum Gasteiger partial charge on any atom is -0.497 e. The summed E-state index contributed by atoms with van der Waals surface area (Å²) < 4.78 is 8.39. The Hall–Kier alpha value is -3.37. The minimum atomic E-state index is -0.619. The number of hydrogen-bond donors (Lipinski definition) is 1. The fraction of sp³-hybridized carbons (Fsp3) is 0.143. The molecule has 2 aromatic heterocycles. The molecule has 0 saturated carbocycles. The molecule has 0 spiro atoms. The molecule has 0 aliphatic heterocycles. The molecule has 2 heterocycles. The van der Waals surface area contributed by atoms with Gasteiger partial charge >= 0.3 is 5.69 Å². The number of nitrogens with zero attached hydrogens (tertiary/aromatic N) is 3. The van der Waals surface area contributed by atoms with Crippen molar-refractivity contribution >= 4 is 45.0 Å². The van der Waals surface area contributed by atoms with E-state index in [2.05, 4.69) is 10.3 Å². The number of nitrogens with one attached hydrogen (secondary N) is 1. The van der Waals surface area contributed by atoms with Crippen molar-refractivity contribution in [2.75, 3.05) is 18.7 Å². The summed E-state index contributed by atoms with van der Waals surface area (Å²) in [6.07, 6.45) is 1.84. The molecule has 0 aliphatic rings. The molecule has 0 saturated heterocycles. The number of ether oxygens (including phenoxy) is 1. The van der Waals surface area contributed by atoms with Crippen molar-refractivity contribution in [3.8, 4) is 11.4 Å². The van der Waals surface area contributed by atoms with Crippen LogP contribution in [0.25, 0.3) is 16.0 Å². The number of anilines is 1. The Kier molecular flexibility index (Phi) is 5.92. The Labute approximate surface area is 185 Å². The third-order valence-electron chi connectivity index (χ3n) is 4.53. The highest BCUT2D eigenvalue weighted by molar-refractivity contribution is 8.00. The van der Waals surface area contributed by atoms with Crippen LogP contribution in [0.1, 0.15) is 0 Å². The first kappa shape index (κ1) is 20.9. The van der Waals surface area contributed by atoms with Gasteiger partial charge in [0.2, 0.25) is 5.91 Å². The molecule has 158 valence electrons. The van der Waals surface area contributed by atoms with Gasteiger partial charge in [0.15, 0.2) is 9.99 Å². The average Bonchev–Trinajstić information content (AvgIpc) is 3.23. The highest BCUT2D eigenvalue weighted by Gasteiger charge is 2.20. The molecule has 1 amide bonds. The normalized spacial score (nSPS) is 10.9. The number of benzene rings is 2. The van der Waals surface area contributed by atoms with Crippen LogP contribution in [0, 0.1) is 0 Å². The molecule has 0 atom stereocenters. The fourth-order valence-electron chi connectivity index (χ4n) is 3.07. The fourth-order valence-corrected chi connectivity index (χ4v) is 4.56. The highest BCUT2D eigenvalue weighted by atomic mass is 32.2. The van der Waals surface area contributed by atoms with Gasteiger partial charge in [-0.25, -0.2) is 14.3 Å². The van der Waals surface area contributed by atoms with Crippen molar-refractivity contribution < 1.29 is 9.53 Å². The summed E-state index contributed by atoms with van der Waals surface area (Å²) in [4.78, 5) is 43.5. The van der Waals surface area contributed by atoms with E-state index in [0.717, 1.165) is 4.57 Å². The molecule has 31 heavy (non-hydrogen) atoms. The number of fused-ring (bicyclic) bond motifs is 1. The quantitative estimate of drug-likeness (QED) is 0.450. The summed E-state index contributed by atoms with van der Waals surface area (Å²) in [5.74, 6) is 0.253. The van der Waals surface area contributed by atoms with Crippen molar-refractivity contribution in [2.24, 2.45) is 0 Å². The molecule has 4 rings (SSSR count). The standard InChI is InChI=1S/C21H18N4O4S2/c1-29-15-10-8-13(9-11-15)22-16(26)12-24-18-17(31-20(23-18)30-2)19(27)25(21(24)28)14-6-4-3-5-7-14/h3-11H,12H2,1-2H3,(H,22,26). The lowest BCUT2D eigenvalue weighted by molar-refractivity contribution is -0.116. The number of hydrogen-bond acceptors (Lipinski definition) is 7. The van der Waals surface area contributed by atoms with Crippen LogP contribution in [0.15, 0.2) is 68.5 Å². The molecule has 1 N–H and O–H groups in total. The monoisotopic (exact) mass is 454 g/mol. The Bertz CT molecular complexity index is 1360. The molecule has 10 heteroatoms. The Morgan fingerprint density at radius 2 is 1.84 bits per heavy atom. The molecule has 2 aromatic carbocycles. The van der Waals surface area contributed by atoms with Gasteiger partial charge in [-0.1, -0.05) is 30.0 Å². The smallest absolute Gasteiger partial charge is 0.337 e. The maximum Gasteiger partial charge on any atom is 0.337 e. The van der Waals surface area contributed by atoms with Gasteiger partial charge in [0.25, 0.3) is 5.56 Å². The summed E-state index contributed by atoms with van der Waals surface area (Å²) >= 11 is 2.58. The van der Waals surface area contributed by atoms with E-state index in [-0.39, 0.29) is 12.2 Å². The summed E-state index contributed by atoms with van der Waals surface area (Å²) in [6.45, 7) is -0.286. The number of aromatic nitrogens is 3. The number of para-hydroxylation sites is 1. The van der Waals surface area contributed by atoms with E-state index in [1.165, 1.54) is 27.7 Å². The third kappa shape index (κ3) is 4.12. The second kappa shape index (κ2) is 8.78. The zero-order valence-electron chi connectivity index (χ0n) is 16.7. The lowest BCUT2D eigenvalue weighted by Gasteiger charge is -2.12. The number of amides is 1. The number of carbonyl (C=O) groups is 1. The summed E-state index contributed by atoms with van der Waals surface area (Å²) in [6, 6.07) is 15.5. The molecule has 4 aromatic rings. The second-order valence-electron chi connectivity index (χ2n) is 6.46. The van der Waals surface area contributed by atoms with E-state index in [0.29, 0.717) is 26.2 Å². The van der Waals surface area contributed by atoms with Crippen LogP contribution in [-0.2, 0) is 11.3 Å². The van der Waals surface area contributed by atoms with Crippen LogP contribution >= 0.6 is 23.1 Å². The summed E-state index contributed by atoms with van der Waals surface area (Å²) in [5.41, 5.74) is 0.140. The summed E-state index contributed by atoms with van der Waals surface area (Å²) in [5, 5.41) is 2.76. The van der Waals surface area contributed by atoms with Crippen LogP contribution < -0.4 is 21.3 Å². The van der Waals surface area contributed by atoms with Gasteiger partial charge in [0.05, 0.1) is 12.8 Å². The molecule has 0 bridgehead atoms. The van der Waals surface area contributed by atoms with Gasteiger partial charge in [-0.2, -0.15) is 0 Å². The maximum atomic E-state index is 13.3. The number of rotatable bonds is 6. The third-order valence-corrected chi connectivity index (χ3v) is 6.55. The van der Waals surface area contributed by atoms with E-state index in [1.54, 1.807) is 61.7 Å². The van der Waals surface area contributed by atoms with Crippen molar-refractivity contribution in [1.29, 1.82) is 0 Å². The van der Waals surface area contributed by atoms with Crippen LogP contribution in [0.2, 0.25) is 0 Å². The van der Waals surface area contributed by atoms with E-state index < -0.39 is 17.2 Å². The van der Waals surface area contributed by atoms with E-state index in [1.807, 2.05) is 6.26 Å². The topological polar surface area (TPSA) is 95.2 Å². The van der Waals surface area contributed by atoms with Gasteiger partial charge < -0.3 is 10.1 Å². The SMILES string of the molecule is COc1ccc(NC(=O)Cn2c(=O)n(-c3ccccc3)c(=O)c3sc(SC)nc32)cc1. The molecule has 0 unspecified atom stereocenters. The van der Waals surface area contributed by atoms with E-state index >= 15 is 0 Å². The largest absolute Gasteiger partial charge is 0.497 e. The zero-order valence-corrected chi connectivity index (χ0v) is 18.3. The number of methoxy groups -OCH3 is 1. The first-order valence-electron chi connectivity index (χ1n) is 9.21. The van der Waals surface area contributed by atoms with Crippen LogP contribution in [-0.4, -0.2) is 33.4 Å². The first-order valence-corrected chi connectivity index (χ1v) is 11.3. The predicted octanol–water partition coefficient (Wildman–Crippen LogP) is 2.98. The molecule has 8 nitrogen and oxygen atoms in total. The van der Waals surface area contributed by atoms with Gasteiger partial charge in [-0.3, -0.25) is 14.2 Å². The number of thiazole rings is 1. The van der Waals surface area contributed by atoms with Crippen LogP contribution in [0.5, 0.6) is 5.75 Å². The van der Waals surface area contributed by atoms with Gasteiger partial charge in [-0.05, 0) is 42.7 Å². The van der Waals surface area contributed by atoms with Crippen molar-refractivity contribution in [2.45, 2.75) is 10.9 Å². The molecule has 0 radical (unpaired) electrons. The second-order valence-corrected chi connectivity index (χ2v) is 8.51. The predicted molar refractivity (Wildman–Crippen MR) is 123 cm³/mol. The van der Waals surface area contributed by atoms with Gasteiger partial charge in [0.1, 0.15) is 17.0 Å². The molecule has 0 aliphatic carbocycles. The Balaban J connectivity index is 1.78. The first-order chi connectivity index (χ1) is 15.0.